The van der Waals surface area contributed by atoms with Crippen molar-refractivity contribution in [1.29, 1.82) is 0 Å². The summed E-state index contributed by atoms with van der Waals surface area (Å²) >= 11 is 0. The molecule has 0 aromatic heterocycles. The number of hydrogen-bond donors (Lipinski definition) is 1. The van der Waals surface area contributed by atoms with E-state index in [0.29, 0.717) is 13.0 Å². The molecular weight excluding hydrogens is 556 g/mol. The third-order valence-electron chi connectivity index (χ3n) is 7.22. The number of ether oxygens (including phenoxy) is 2. The van der Waals surface area contributed by atoms with Crippen molar-refractivity contribution >= 4 is 5.97 Å². The molecule has 1 N–H and O–H groups in total. The van der Waals surface area contributed by atoms with Crippen LogP contribution >= 0.6 is 0 Å². The summed E-state index contributed by atoms with van der Waals surface area (Å²) in [5, 5.41) is 9.55. The molecule has 0 amide bonds. The van der Waals surface area contributed by atoms with E-state index in [1.807, 2.05) is 0 Å². The van der Waals surface area contributed by atoms with Gasteiger partial charge in [-0.25, -0.2) is 0 Å². The van der Waals surface area contributed by atoms with Gasteiger partial charge in [0, 0.05) is 13.0 Å². The normalized spacial score (nSPS) is 13.4. The predicted octanol–water partition coefficient (Wildman–Crippen LogP) is 11.6. The van der Waals surface area contributed by atoms with E-state index < -0.39 is 6.10 Å². The van der Waals surface area contributed by atoms with Crippen molar-refractivity contribution in [2.75, 3.05) is 19.8 Å². The first-order valence-electron chi connectivity index (χ1n) is 18.2. The van der Waals surface area contributed by atoms with Crippen LogP contribution in [0.4, 0.5) is 0 Å². The largest absolute Gasteiger partial charge is 0.457 e. The standard InChI is InChI=1S/C41H68O4/c1-3-5-7-9-11-13-15-17-19-20-21-22-23-24-26-28-30-32-34-36-41(43)45-40(38-42)39-44-37-35-33-31-29-27-25-18-16-14-12-10-8-6-4-2/h5-8,11-14,17-19,21-22,25,40,42H,3-4,9-10,15-16,20,23-24,26-39H2,1-2H3/b7-5-,8-6-,13-11-,14-12-,19-17-,22-21-,25-18-. The fourth-order valence-electron chi connectivity index (χ4n) is 4.57. The molecule has 0 aliphatic heterocycles. The van der Waals surface area contributed by atoms with Crippen molar-refractivity contribution in [2.45, 2.75) is 148 Å². The first-order chi connectivity index (χ1) is 22.2. The highest BCUT2D eigenvalue weighted by molar-refractivity contribution is 5.69. The molecule has 0 spiro atoms. The number of esters is 1. The quantitative estimate of drug-likeness (QED) is 0.0459. The van der Waals surface area contributed by atoms with Crippen LogP contribution in [0.2, 0.25) is 0 Å². The molecule has 0 saturated carbocycles. The van der Waals surface area contributed by atoms with E-state index in [0.717, 1.165) is 89.9 Å². The lowest BCUT2D eigenvalue weighted by molar-refractivity contribution is -0.154. The molecule has 0 aromatic carbocycles. The molecule has 45 heavy (non-hydrogen) atoms. The van der Waals surface area contributed by atoms with Crippen LogP contribution < -0.4 is 0 Å². The van der Waals surface area contributed by atoms with E-state index in [1.54, 1.807) is 0 Å². The van der Waals surface area contributed by atoms with Crippen LogP contribution in [0, 0.1) is 0 Å². The Bertz CT molecular complexity index is 830. The number of rotatable bonds is 32. The first-order valence-corrected chi connectivity index (χ1v) is 18.2. The van der Waals surface area contributed by atoms with Gasteiger partial charge >= 0.3 is 5.97 Å². The van der Waals surface area contributed by atoms with Gasteiger partial charge in [0.1, 0.15) is 6.10 Å². The molecule has 0 aliphatic rings. The number of carbonyl (C=O) groups excluding carboxylic acids is 1. The molecule has 4 heteroatoms. The molecule has 4 nitrogen and oxygen atoms in total. The van der Waals surface area contributed by atoms with Crippen molar-refractivity contribution in [3.8, 4) is 0 Å². The lowest BCUT2D eigenvalue weighted by Gasteiger charge is -2.15. The zero-order chi connectivity index (χ0) is 32.7. The Labute approximate surface area is 278 Å². The average Bonchev–Trinajstić information content (AvgIpc) is 3.05. The van der Waals surface area contributed by atoms with Gasteiger partial charge in [-0.1, -0.05) is 137 Å². The lowest BCUT2D eigenvalue weighted by atomic mass is 10.1. The van der Waals surface area contributed by atoms with Gasteiger partial charge in [0.2, 0.25) is 0 Å². The van der Waals surface area contributed by atoms with Gasteiger partial charge in [-0.15, -0.1) is 0 Å². The summed E-state index contributed by atoms with van der Waals surface area (Å²) in [5.74, 6) is -0.228. The number of allylic oxidation sites excluding steroid dienone is 14. The summed E-state index contributed by atoms with van der Waals surface area (Å²) in [4.78, 5) is 12.1. The van der Waals surface area contributed by atoms with Gasteiger partial charge in [-0.05, 0) is 83.5 Å². The molecule has 0 aliphatic carbocycles. The van der Waals surface area contributed by atoms with Gasteiger partial charge in [-0.2, -0.15) is 0 Å². The van der Waals surface area contributed by atoms with Gasteiger partial charge in [0.25, 0.3) is 0 Å². The SMILES string of the molecule is CC/C=C\C/C=C\C/C=C\C/C=C\CCCCCCCCC(=O)OC(CO)COCCCCCC/C=C\C/C=C\C/C=C\CC. The predicted molar refractivity (Wildman–Crippen MR) is 195 cm³/mol. The summed E-state index contributed by atoms with van der Waals surface area (Å²) < 4.78 is 11.1. The third kappa shape index (κ3) is 35.9. The summed E-state index contributed by atoms with van der Waals surface area (Å²) in [7, 11) is 0. The van der Waals surface area contributed by atoms with E-state index in [2.05, 4.69) is 98.9 Å². The molecule has 1 unspecified atom stereocenters. The van der Waals surface area contributed by atoms with E-state index in [-0.39, 0.29) is 19.2 Å². The van der Waals surface area contributed by atoms with Crippen molar-refractivity contribution in [2.24, 2.45) is 0 Å². The smallest absolute Gasteiger partial charge is 0.306 e. The third-order valence-corrected chi connectivity index (χ3v) is 7.22. The molecule has 0 saturated heterocycles. The van der Waals surface area contributed by atoms with Crippen molar-refractivity contribution in [1.82, 2.24) is 0 Å². The maximum atomic E-state index is 12.1. The molecule has 0 heterocycles. The average molecular weight is 625 g/mol. The fraction of sp³-hybridized carbons (Fsp3) is 0.634. The zero-order valence-corrected chi connectivity index (χ0v) is 29.1. The molecule has 0 bridgehead atoms. The minimum absolute atomic E-state index is 0.192. The molecule has 256 valence electrons. The Morgan fingerprint density at radius 3 is 1.40 bits per heavy atom. The summed E-state index contributed by atoms with van der Waals surface area (Å²) in [5.41, 5.74) is 0. The van der Waals surface area contributed by atoms with E-state index >= 15 is 0 Å². The maximum absolute atomic E-state index is 12.1. The number of unbranched alkanes of at least 4 members (excludes halogenated alkanes) is 10. The van der Waals surface area contributed by atoms with Crippen LogP contribution in [0.1, 0.15) is 142 Å². The zero-order valence-electron chi connectivity index (χ0n) is 29.1. The van der Waals surface area contributed by atoms with Crippen LogP contribution in [-0.2, 0) is 14.3 Å². The molecule has 0 radical (unpaired) electrons. The first kappa shape index (κ1) is 42.6. The number of hydrogen-bond acceptors (Lipinski definition) is 4. The molecule has 0 fully saturated rings. The number of aliphatic hydroxyl groups is 1. The topological polar surface area (TPSA) is 55.8 Å². The van der Waals surface area contributed by atoms with Crippen LogP contribution in [0.15, 0.2) is 85.1 Å². The fourth-order valence-corrected chi connectivity index (χ4v) is 4.57. The Morgan fingerprint density at radius 2 is 0.933 bits per heavy atom. The van der Waals surface area contributed by atoms with Crippen LogP contribution in [0.3, 0.4) is 0 Å². The van der Waals surface area contributed by atoms with E-state index in [9.17, 15) is 9.90 Å². The molecule has 0 rings (SSSR count). The van der Waals surface area contributed by atoms with Crippen LogP contribution in [0.5, 0.6) is 0 Å². The second-order valence-corrected chi connectivity index (χ2v) is 11.5. The summed E-state index contributed by atoms with van der Waals surface area (Å²) in [6.07, 6.45) is 51.9. The Balaban J connectivity index is 3.56. The molecular formula is C41H68O4. The maximum Gasteiger partial charge on any atom is 0.306 e. The highest BCUT2D eigenvalue weighted by atomic mass is 16.6. The minimum atomic E-state index is -0.558. The highest BCUT2D eigenvalue weighted by Crippen LogP contribution is 2.11. The molecule has 1 atom stereocenters. The Kier molecular flexibility index (Phi) is 35.7. The lowest BCUT2D eigenvalue weighted by Crippen LogP contribution is -2.27. The Morgan fingerprint density at radius 1 is 0.533 bits per heavy atom. The van der Waals surface area contributed by atoms with Crippen molar-refractivity contribution in [3.63, 3.8) is 0 Å². The van der Waals surface area contributed by atoms with Gasteiger partial charge in [0.15, 0.2) is 0 Å². The second-order valence-electron chi connectivity index (χ2n) is 11.5. The number of aliphatic hydroxyl groups excluding tert-OH is 1. The Hall–Kier alpha value is -2.43. The van der Waals surface area contributed by atoms with Crippen LogP contribution in [-0.4, -0.2) is 37.0 Å². The summed E-state index contributed by atoms with van der Waals surface area (Å²) in [6.45, 7) is 5.03. The second kappa shape index (κ2) is 37.8. The highest BCUT2D eigenvalue weighted by Gasteiger charge is 2.13. The van der Waals surface area contributed by atoms with E-state index in [4.69, 9.17) is 9.47 Å². The van der Waals surface area contributed by atoms with Crippen molar-refractivity contribution < 1.29 is 19.4 Å². The summed E-state index contributed by atoms with van der Waals surface area (Å²) in [6, 6.07) is 0. The van der Waals surface area contributed by atoms with Gasteiger partial charge in [0.05, 0.1) is 13.2 Å². The van der Waals surface area contributed by atoms with E-state index in [1.165, 1.54) is 32.1 Å². The van der Waals surface area contributed by atoms with Crippen molar-refractivity contribution in [3.05, 3.63) is 85.1 Å². The minimum Gasteiger partial charge on any atom is -0.457 e. The monoisotopic (exact) mass is 625 g/mol. The number of carbonyl (C=O) groups is 1. The van der Waals surface area contributed by atoms with Gasteiger partial charge in [-0.3, -0.25) is 4.79 Å². The van der Waals surface area contributed by atoms with Gasteiger partial charge < -0.3 is 14.6 Å². The molecule has 0 aromatic rings. The van der Waals surface area contributed by atoms with Crippen LogP contribution in [0.25, 0.3) is 0 Å².